The highest BCUT2D eigenvalue weighted by Crippen LogP contribution is 2.45. The van der Waals surface area contributed by atoms with Crippen LogP contribution in [0.2, 0.25) is 0 Å². The molecular formula is C61H69BIN3S. The molecular weight excluding hydrogens is 944 g/mol. The highest BCUT2D eigenvalue weighted by atomic mass is 127. The molecule has 1 aromatic heterocycles. The molecule has 1 aliphatic heterocycles. The number of aryl methyl sites for hydroxylation is 1. The number of anilines is 7. The minimum absolute atomic E-state index is 0.0127. The SMILES string of the molecule is Cc1cc(Nc2ccc(C(C)(C)C)cc2)c2c(c1)N(C(/C=C\C(I)C(C)(C)C)=C/CC(C)(C)C)c1c(sc3ccc(C(C)(C)C)cc13)B2c1ccc(N(c2ccccc2)c2ccccc2)cc1. The average molecular weight is 1010 g/mol. The standard InChI is InChI=1S/C61H69BIN3S/c1-41-38-51(64-45-29-24-42(25-30-45)59(5,6)7)55-52(39-41)66(49(36-37-58(2,3)4)33-35-54(63)61(11,12)13)56-50-40-43(60(8,9)10)26-34-53(50)67-57(56)62(55)44-27-31-48(32-28-44)65(46-20-16-14-17-21-46)47-22-18-15-19-23-47/h14-36,38-40,54,64H,37H2,1-13H3/b35-33-,49-36+. The van der Waals surface area contributed by atoms with E-state index in [0.717, 1.165) is 34.9 Å². The van der Waals surface area contributed by atoms with Crippen molar-refractivity contribution in [1.29, 1.82) is 0 Å². The van der Waals surface area contributed by atoms with Gasteiger partial charge in [-0.1, -0.05) is 190 Å². The van der Waals surface area contributed by atoms with Crippen molar-refractivity contribution < 1.29 is 0 Å². The Morgan fingerprint density at radius 1 is 0.687 bits per heavy atom. The lowest BCUT2D eigenvalue weighted by atomic mass is 9.37. The Morgan fingerprint density at radius 2 is 1.25 bits per heavy atom. The van der Waals surface area contributed by atoms with E-state index < -0.39 is 0 Å². The highest BCUT2D eigenvalue weighted by molar-refractivity contribution is 14.1. The molecule has 0 saturated carbocycles. The Bertz CT molecular complexity index is 2860. The predicted octanol–water partition coefficient (Wildman–Crippen LogP) is 16.7. The Kier molecular flexibility index (Phi) is 13.6. The first-order valence-corrected chi connectivity index (χ1v) is 26.0. The van der Waals surface area contributed by atoms with E-state index in [1.165, 1.54) is 59.6 Å². The zero-order valence-electron chi connectivity index (χ0n) is 42.1. The summed E-state index contributed by atoms with van der Waals surface area (Å²) in [4.78, 5) is 5.00. The van der Waals surface area contributed by atoms with E-state index in [9.17, 15) is 0 Å². The van der Waals surface area contributed by atoms with Crippen LogP contribution in [0.5, 0.6) is 0 Å². The van der Waals surface area contributed by atoms with Crippen molar-refractivity contribution in [3.63, 3.8) is 0 Å². The summed E-state index contributed by atoms with van der Waals surface area (Å²) >= 11 is 4.59. The number of benzene rings is 6. The van der Waals surface area contributed by atoms with Gasteiger partial charge >= 0.3 is 0 Å². The maximum Gasteiger partial charge on any atom is 0.262 e. The number of allylic oxidation sites excluding steroid dienone is 3. The molecule has 0 spiro atoms. The molecule has 0 fully saturated rings. The molecule has 1 aliphatic rings. The number of para-hydroxylation sites is 2. The molecule has 1 atom stereocenters. The quantitative estimate of drug-likeness (QED) is 0.0637. The fourth-order valence-corrected chi connectivity index (χ4v) is 10.5. The molecule has 7 aromatic rings. The van der Waals surface area contributed by atoms with Crippen molar-refractivity contribution in [2.75, 3.05) is 15.1 Å². The summed E-state index contributed by atoms with van der Waals surface area (Å²) in [7, 11) is 0. The minimum atomic E-state index is -0.0515. The van der Waals surface area contributed by atoms with Gasteiger partial charge in [-0.15, -0.1) is 11.3 Å². The monoisotopic (exact) mass is 1010 g/mol. The van der Waals surface area contributed by atoms with E-state index >= 15 is 0 Å². The van der Waals surface area contributed by atoms with Crippen LogP contribution in [0.4, 0.5) is 39.8 Å². The van der Waals surface area contributed by atoms with Gasteiger partial charge in [0.2, 0.25) is 0 Å². The van der Waals surface area contributed by atoms with Gasteiger partial charge in [0.1, 0.15) is 0 Å². The molecule has 1 unspecified atom stereocenters. The van der Waals surface area contributed by atoms with Crippen molar-refractivity contribution in [3.05, 3.63) is 180 Å². The van der Waals surface area contributed by atoms with Crippen LogP contribution in [-0.2, 0) is 10.8 Å². The number of thiophene rings is 1. The van der Waals surface area contributed by atoms with Crippen LogP contribution in [0.1, 0.15) is 106 Å². The number of alkyl halides is 1. The van der Waals surface area contributed by atoms with Gasteiger partial charge < -0.3 is 15.1 Å². The number of fused-ring (bicyclic) bond motifs is 4. The fourth-order valence-electron chi connectivity index (χ4n) is 8.95. The summed E-state index contributed by atoms with van der Waals surface area (Å²) in [5.41, 5.74) is 16.0. The molecule has 0 radical (unpaired) electrons. The maximum absolute atomic E-state index is 4.03. The van der Waals surface area contributed by atoms with Crippen molar-refractivity contribution in [2.45, 2.75) is 111 Å². The van der Waals surface area contributed by atoms with Gasteiger partial charge in [0.25, 0.3) is 6.71 Å². The Morgan fingerprint density at radius 3 is 1.81 bits per heavy atom. The number of rotatable bonds is 10. The van der Waals surface area contributed by atoms with E-state index in [1.54, 1.807) is 0 Å². The van der Waals surface area contributed by atoms with E-state index in [-0.39, 0.29) is 28.4 Å². The smallest absolute Gasteiger partial charge is 0.262 e. The predicted molar refractivity (Wildman–Crippen MR) is 307 cm³/mol. The molecule has 6 aromatic carbocycles. The van der Waals surface area contributed by atoms with Gasteiger partial charge in [-0.05, 0) is 136 Å². The third-order valence-electron chi connectivity index (χ3n) is 12.9. The first kappa shape index (κ1) is 48.4. The fraction of sp³-hybridized carbons (Fsp3) is 0.311. The van der Waals surface area contributed by atoms with Crippen LogP contribution in [0.3, 0.4) is 0 Å². The molecule has 0 bridgehead atoms. The summed E-state index contributed by atoms with van der Waals surface area (Å²) < 4.78 is 3.00. The van der Waals surface area contributed by atoms with Crippen molar-refractivity contribution >= 4 is 106 Å². The number of hydrogen-bond donors (Lipinski definition) is 1. The zero-order chi connectivity index (χ0) is 48.1. The molecule has 6 heteroatoms. The summed E-state index contributed by atoms with van der Waals surface area (Å²) in [6.07, 6.45) is 8.30. The first-order chi connectivity index (χ1) is 31.6. The van der Waals surface area contributed by atoms with Crippen LogP contribution in [0, 0.1) is 17.8 Å². The second-order valence-electron chi connectivity index (χ2n) is 22.9. The molecule has 0 amide bonds. The molecule has 67 heavy (non-hydrogen) atoms. The van der Waals surface area contributed by atoms with Crippen LogP contribution < -0.4 is 30.8 Å². The van der Waals surface area contributed by atoms with E-state index in [0.29, 0.717) is 3.92 Å². The number of nitrogens with zero attached hydrogens (tertiary/aromatic N) is 2. The molecule has 344 valence electrons. The number of nitrogens with one attached hydrogen (secondary N) is 1. The minimum Gasteiger partial charge on any atom is -0.356 e. The van der Waals surface area contributed by atoms with Gasteiger partial charge in [-0.3, -0.25) is 0 Å². The number of halogens is 1. The maximum atomic E-state index is 4.03. The molecule has 2 heterocycles. The van der Waals surface area contributed by atoms with Gasteiger partial charge in [-0.25, -0.2) is 0 Å². The van der Waals surface area contributed by atoms with Crippen molar-refractivity contribution in [3.8, 4) is 0 Å². The number of hydrogen-bond acceptors (Lipinski definition) is 4. The topological polar surface area (TPSA) is 18.5 Å². The molecule has 0 saturated heterocycles. The second kappa shape index (κ2) is 18.8. The van der Waals surface area contributed by atoms with E-state index in [2.05, 4.69) is 285 Å². The Balaban J connectivity index is 1.42. The third-order valence-corrected chi connectivity index (χ3v) is 16.4. The average Bonchev–Trinajstić information content (AvgIpc) is 3.64. The van der Waals surface area contributed by atoms with Crippen LogP contribution >= 0.6 is 33.9 Å². The van der Waals surface area contributed by atoms with Crippen LogP contribution in [-0.4, -0.2) is 10.6 Å². The van der Waals surface area contributed by atoms with E-state index in [4.69, 9.17) is 0 Å². The van der Waals surface area contributed by atoms with Gasteiger partial charge in [0.05, 0.1) is 5.69 Å². The molecule has 1 N–H and O–H groups in total. The lowest BCUT2D eigenvalue weighted by Gasteiger charge is -2.38. The largest absolute Gasteiger partial charge is 0.356 e. The molecule has 8 rings (SSSR count). The van der Waals surface area contributed by atoms with Gasteiger partial charge in [0, 0.05) is 58.6 Å². The third kappa shape index (κ3) is 10.7. The second-order valence-corrected chi connectivity index (χ2v) is 25.3. The normalized spacial score (nSPS) is 14.1. The lowest BCUT2D eigenvalue weighted by molar-refractivity contribution is 0.419. The van der Waals surface area contributed by atoms with Crippen LogP contribution in [0.15, 0.2) is 163 Å². The molecule has 3 nitrogen and oxygen atoms in total. The summed E-state index contributed by atoms with van der Waals surface area (Å²) in [5.74, 6) is 0. The summed E-state index contributed by atoms with van der Waals surface area (Å²) in [5, 5.41) is 5.34. The summed E-state index contributed by atoms with van der Waals surface area (Å²) in [6, 6.07) is 51.9. The van der Waals surface area contributed by atoms with Gasteiger partial charge in [0.15, 0.2) is 0 Å². The Hall–Kier alpha value is -5.05. The van der Waals surface area contributed by atoms with Gasteiger partial charge in [-0.2, -0.15) is 0 Å². The van der Waals surface area contributed by atoms with Crippen molar-refractivity contribution in [2.24, 2.45) is 10.8 Å². The van der Waals surface area contributed by atoms with Crippen molar-refractivity contribution in [1.82, 2.24) is 0 Å². The first-order valence-electron chi connectivity index (χ1n) is 24.0. The lowest BCUT2D eigenvalue weighted by Crippen LogP contribution is -2.57. The summed E-state index contributed by atoms with van der Waals surface area (Å²) in [6.45, 7) is 30.1. The Labute approximate surface area is 420 Å². The zero-order valence-corrected chi connectivity index (χ0v) is 45.0. The molecule has 0 aliphatic carbocycles. The van der Waals surface area contributed by atoms with Crippen LogP contribution in [0.25, 0.3) is 10.1 Å². The van der Waals surface area contributed by atoms with E-state index in [1.807, 2.05) is 11.3 Å². The highest BCUT2D eigenvalue weighted by Gasteiger charge is 2.41.